The number of rotatable bonds is 9. The predicted molar refractivity (Wildman–Crippen MR) is 103 cm³/mol. The van der Waals surface area contributed by atoms with E-state index in [-0.39, 0.29) is 0 Å². The first-order chi connectivity index (χ1) is 9.92. The highest BCUT2D eigenvalue weighted by atomic mass is 14.2. The molecule has 0 bridgehead atoms. The molecule has 0 N–H and O–H groups in total. The summed E-state index contributed by atoms with van der Waals surface area (Å²) in [6.45, 7) is 22.4. The van der Waals surface area contributed by atoms with Crippen LogP contribution in [0.15, 0.2) is 0 Å². The first-order valence-electron chi connectivity index (χ1n) is 9.92. The van der Waals surface area contributed by atoms with Gasteiger partial charge in [0.1, 0.15) is 0 Å². The molecule has 3 atom stereocenters. The summed E-state index contributed by atoms with van der Waals surface area (Å²) in [7, 11) is 0. The summed E-state index contributed by atoms with van der Waals surface area (Å²) in [4.78, 5) is 0. The molecule has 0 aliphatic carbocycles. The van der Waals surface area contributed by atoms with Gasteiger partial charge in [-0.3, -0.25) is 0 Å². The van der Waals surface area contributed by atoms with Crippen molar-refractivity contribution >= 4 is 0 Å². The van der Waals surface area contributed by atoms with Crippen molar-refractivity contribution in [2.45, 2.75) is 114 Å². The number of hydrogen-bond donors (Lipinski definition) is 0. The molecule has 0 saturated heterocycles. The maximum absolute atomic E-state index is 2.41. The Labute approximate surface area is 138 Å². The molecule has 132 valence electrons. The second-order valence-electron chi connectivity index (χ2n) is 6.91. The average molecular weight is 301 g/mol. The maximum Gasteiger partial charge on any atom is -0.0412 e. The molecule has 0 spiro atoms. The summed E-state index contributed by atoms with van der Waals surface area (Å²) < 4.78 is 0. The van der Waals surface area contributed by atoms with Gasteiger partial charge in [0.15, 0.2) is 0 Å². The van der Waals surface area contributed by atoms with Gasteiger partial charge in [-0.05, 0) is 30.1 Å². The van der Waals surface area contributed by atoms with Crippen LogP contribution in [0.5, 0.6) is 0 Å². The van der Waals surface area contributed by atoms with Crippen molar-refractivity contribution in [1.29, 1.82) is 0 Å². The Morgan fingerprint density at radius 2 is 1.19 bits per heavy atom. The third-order valence-corrected chi connectivity index (χ3v) is 4.30. The quantitative estimate of drug-likeness (QED) is 0.401. The van der Waals surface area contributed by atoms with Gasteiger partial charge in [0, 0.05) is 0 Å². The van der Waals surface area contributed by atoms with E-state index in [1.54, 1.807) is 0 Å². The molecule has 0 amide bonds. The van der Waals surface area contributed by atoms with Crippen LogP contribution in [-0.2, 0) is 0 Å². The first-order valence-corrected chi connectivity index (χ1v) is 9.92. The minimum Gasteiger partial charge on any atom is -0.0683 e. The van der Waals surface area contributed by atoms with Crippen LogP contribution >= 0.6 is 0 Å². The lowest BCUT2D eigenvalue weighted by atomic mass is 9.83. The molecular formula is C21H48. The summed E-state index contributed by atoms with van der Waals surface area (Å²) in [6.07, 6.45) is 9.73. The van der Waals surface area contributed by atoms with Crippen LogP contribution < -0.4 is 0 Å². The first kappa shape index (κ1) is 25.9. The van der Waals surface area contributed by atoms with E-state index >= 15 is 0 Å². The van der Waals surface area contributed by atoms with Crippen molar-refractivity contribution in [3.05, 3.63) is 0 Å². The summed E-state index contributed by atoms with van der Waals surface area (Å²) in [5.74, 6) is 3.66. The standard InChI is InChI=1S/C16H34.C3H8.C2H6/c1-7-9-16(12-14(5)8-2)11-10-15(6)13(3)4;1-3-2;1-2/h13-16H,7-12H2,1-6H3;3H2,1-2H3;1-2H3. The van der Waals surface area contributed by atoms with E-state index in [0.29, 0.717) is 0 Å². The summed E-state index contributed by atoms with van der Waals surface area (Å²) in [6, 6.07) is 0. The second-order valence-corrected chi connectivity index (χ2v) is 6.91. The van der Waals surface area contributed by atoms with E-state index in [9.17, 15) is 0 Å². The minimum absolute atomic E-state index is 0.853. The zero-order chi connectivity index (χ0) is 17.3. The highest BCUT2D eigenvalue weighted by Gasteiger charge is 2.14. The Morgan fingerprint density at radius 3 is 1.52 bits per heavy atom. The van der Waals surface area contributed by atoms with Crippen LogP contribution in [0.2, 0.25) is 0 Å². The van der Waals surface area contributed by atoms with Gasteiger partial charge < -0.3 is 0 Å². The zero-order valence-electron chi connectivity index (χ0n) is 17.3. The molecule has 0 aliphatic rings. The summed E-state index contributed by atoms with van der Waals surface area (Å²) >= 11 is 0. The molecule has 0 fully saturated rings. The highest BCUT2D eigenvalue weighted by molar-refractivity contribution is 4.66. The third-order valence-electron chi connectivity index (χ3n) is 4.30. The van der Waals surface area contributed by atoms with Gasteiger partial charge in [-0.15, -0.1) is 0 Å². The van der Waals surface area contributed by atoms with Gasteiger partial charge in [0.25, 0.3) is 0 Å². The van der Waals surface area contributed by atoms with Gasteiger partial charge >= 0.3 is 0 Å². The van der Waals surface area contributed by atoms with E-state index < -0.39 is 0 Å². The van der Waals surface area contributed by atoms with Crippen LogP contribution in [-0.4, -0.2) is 0 Å². The molecule has 3 unspecified atom stereocenters. The van der Waals surface area contributed by atoms with Crippen LogP contribution in [0.4, 0.5) is 0 Å². The lowest BCUT2D eigenvalue weighted by Crippen LogP contribution is -2.10. The minimum atomic E-state index is 0.853. The van der Waals surface area contributed by atoms with Gasteiger partial charge in [-0.1, -0.05) is 108 Å². The van der Waals surface area contributed by atoms with E-state index in [0.717, 1.165) is 23.7 Å². The highest BCUT2D eigenvalue weighted by Crippen LogP contribution is 2.27. The van der Waals surface area contributed by atoms with E-state index in [1.165, 1.54) is 44.9 Å². The lowest BCUT2D eigenvalue weighted by Gasteiger charge is -2.23. The van der Waals surface area contributed by atoms with Crippen molar-refractivity contribution in [3.8, 4) is 0 Å². The fraction of sp³-hybridized carbons (Fsp3) is 1.00. The van der Waals surface area contributed by atoms with Crippen molar-refractivity contribution in [1.82, 2.24) is 0 Å². The Bertz CT molecular complexity index is 159. The smallest absolute Gasteiger partial charge is 0.0412 e. The van der Waals surface area contributed by atoms with E-state index in [2.05, 4.69) is 55.4 Å². The van der Waals surface area contributed by atoms with E-state index in [1.807, 2.05) is 13.8 Å². The zero-order valence-corrected chi connectivity index (χ0v) is 17.3. The Morgan fingerprint density at radius 1 is 0.714 bits per heavy atom. The fourth-order valence-corrected chi connectivity index (χ4v) is 2.36. The number of hydrogen-bond acceptors (Lipinski definition) is 0. The Kier molecular flexibility index (Phi) is 24.7. The van der Waals surface area contributed by atoms with Gasteiger partial charge in [-0.25, -0.2) is 0 Å². The lowest BCUT2D eigenvalue weighted by molar-refractivity contribution is 0.292. The summed E-state index contributed by atoms with van der Waals surface area (Å²) in [5, 5.41) is 0. The molecule has 0 rings (SSSR count). The molecule has 0 aliphatic heterocycles. The fourth-order valence-electron chi connectivity index (χ4n) is 2.36. The Hall–Kier alpha value is 0. The normalized spacial score (nSPS) is 14.4. The molecule has 21 heavy (non-hydrogen) atoms. The monoisotopic (exact) mass is 300 g/mol. The van der Waals surface area contributed by atoms with Gasteiger partial charge in [-0.2, -0.15) is 0 Å². The van der Waals surface area contributed by atoms with Crippen LogP contribution in [0.3, 0.4) is 0 Å². The summed E-state index contributed by atoms with van der Waals surface area (Å²) in [5.41, 5.74) is 0. The average Bonchev–Trinajstić information content (AvgIpc) is 2.47. The largest absolute Gasteiger partial charge is 0.0683 e. The molecule has 0 nitrogen and oxygen atoms in total. The third kappa shape index (κ3) is 20.0. The molecule has 0 radical (unpaired) electrons. The molecule has 0 heterocycles. The molecule has 0 aromatic heterocycles. The Balaban J connectivity index is -0.000000569. The van der Waals surface area contributed by atoms with Crippen molar-refractivity contribution in [3.63, 3.8) is 0 Å². The van der Waals surface area contributed by atoms with Gasteiger partial charge in [0.2, 0.25) is 0 Å². The molecular weight excluding hydrogens is 252 g/mol. The molecule has 0 aromatic rings. The van der Waals surface area contributed by atoms with Crippen molar-refractivity contribution in [2.75, 3.05) is 0 Å². The molecule has 0 aromatic carbocycles. The predicted octanol–water partition coefficient (Wildman–Crippen LogP) is 8.35. The van der Waals surface area contributed by atoms with Gasteiger partial charge in [0.05, 0.1) is 0 Å². The van der Waals surface area contributed by atoms with Crippen molar-refractivity contribution < 1.29 is 0 Å². The van der Waals surface area contributed by atoms with Crippen LogP contribution in [0.1, 0.15) is 114 Å². The van der Waals surface area contributed by atoms with Crippen molar-refractivity contribution in [2.24, 2.45) is 23.7 Å². The topological polar surface area (TPSA) is 0 Å². The van der Waals surface area contributed by atoms with E-state index in [4.69, 9.17) is 0 Å². The molecule has 0 heteroatoms. The SMILES string of the molecule is CC.CCC.CCCC(CCC(C)C(C)C)CC(C)CC. The maximum atomic E-state index is 2.41. The second kappa shape index (κ2) is 20.0. The van der Waals surface area contributed by atoms with Crippen LogP contribution in [0.25, 0.3) is 0 Å². The van der Waals surface area contributed by atoms with Crippen LogP contribution in [0, 0.1) is 23.7 Å². The molecule has 0 saturated carbocycles.